The smallest absolute Gasteiger partial charge is 0.257 e. The van der Waals surface area contributed by atoms with Crippen molar-refractivity contribution in [1.29, 1.82) is 0 Å². The molecule has 5 rings (SSSR count). The number of hydrogen-bond donors (Lipinski definition) is 1. The minimum absolute atomic E-state index is 0.0410. The average molecular weight is 533 g/mol. The summed E-state index contributed by atoms with van der Waals surface area (Å²) in [5.41, 5.74) is 5.27. The summed E-state index contributed by atoms with van der Waals surface area (Å²) in [6, 6.07) is 13.2. The number of aryl methyl sites for hydroxylation is 1. The first-order valence-electron chi connectivity index (χ1n) is 12.8. The highest BCUT2D eigenvalue weighted by atomic mass is 35.5. The van der Waals surface area contributed by atoms with Crippen LogP contribution in [-0.2, 0) is 13.6 Å². The molecule has 0 radical (unpaired) electrons. The van der Waals surface area contributed by atoms with Crippen molar-refractivity contribution >= 4 is 34.2 Å². The summed E-state index contributed by atoms with van der Waals surface area (Å²) in [4.78, 5) is 33.7. The number of pyridine rings is 2. The van der Waals surface area contributed by atoms with Crippen LogP contribution < -0.4 is 10.9 Å². The Bertz CT molecular complexity index is 1550. The van der Waals surface area contributed by atoms with Crippen LogP contribution in [0.4, 0.5) is 5.69 Å². The van der Waals surface area contributed by atoms with E-state index in [9.17, 15) is 9.59 Å². The molecule has 8 nitrogen and oxygen atoms in total. The van der Waals surface area contributed by atoms with Crippen molar-refractivity contribution in [2.75, 3.05) is 39.5 Å². The molecule has 1 aliphatic heterocycles. The average Bonchev–Trinajstić information content (AvgIpc) is 3.23. The number of aromatic nitrogens is 3. The van der Waals surface area contributed by atoms with Gasteiger partial charge in [-0.05, 0) is 67.7 Å². The SMILES string of the molecule is CNc1ccn(-c2ccnc3c2cc(CN2CCC(c4ccc(C(=O)N(C)C)cc4Cl)CC2)n3C)c(=O)c1. The maximum absolute atomic E-state index is 12.8. The molecular formula is C29H33ClN6O2. The Morgan fingerprint density at radius 3 is 2.55 bits per heavy atom. The largest absolute Gasteiger partial charge is 0.388 e. The van der Waals surface area contributed by atoms with Crippen LogP contribution in [0.2, 0.25) is 5.02 Å². The number of amides is 1. The first-order chi connectivity index (χ1) is 18.3. The van der Waals surface area contributed by atoms with Crippen molar-refractivity contribution in [3.8, 4) is 5.69 Å². The molecule has 0 aliphatic carbocycles. The third-order valence-electron chi connectivity index (χ3n) is 7.54. The fourth-order valence-electron chi connectivity index (χ4n) is 5.33. The fourth-order valence-corrected chi connectivity index (χ4v) is 5.67. The van der Waals surface area contributed by atoms with Gasteiger partial charge in [-0.25, -0.2) is 4.98 Å². The van der Waals surface area contributed by atoms with E-state index in [0.29, 0.717) is 16.5 Å². The van der Waals surface area contributed by atoms with Crippen molar-refractivity contribution in [2.45, 2.75) is 25.3 Å². The summed E-state index contributed by atoms with van der Waals surface area (Å²) < 4.78 is 3.79. The van der Waals surface area contributed by atoms with E-state index in [4.69, 9.17) is 11.6 Å². The van der Waals surface area contributed by atoms with Crippen molar-refractivity contribution in [3.63, 3.8) is 0 Å². The van der Waals surface area contributed by atoms with Crippen LogP contribution >= 0.6 is 11.6 Å². The zero-order valence-electron chi connectivity index (χ0n) is 22.2. The number of benzene rings is 1. The number of halogens is 1. The van der Waals surface area contributed by atoms with Crippen LogP contribution in [0, 0.1) is 0 Å². The molecule has 0 spiro atoms. The van der Waals surface area contributed by atoms with Crippen molar-refractivity contribution in [2.24, 2.45) is 7.05 Å². The second kappa shape index (κ2) is 10.6. The number of nitrogens with one attached hydrogen (secondary N) is 1. The van der Waals surface area contributed by atoms with Gasteiger partial charge in [-0.3, -0.25) is 19.1 Å². The Morgan fingerprint density at radius 1 is 1.13 bits per heavy atom. The van der Waals surface area contributed by atoms with Gasteiger partial charge in [-0.1, -0.05) is 17.7 Å². The lowest BCUT2D eigenvalue weighted by atomic mass is 9.88. The minimum atomic E-state index is -0.0883. The monoisotopic (exact) mass is 532 g/mol. The Kier molecular flexibility index (Phi) is 7.27. The summed E-state index contributed by atoms with van der Waals surface area (Å²) in [6.45, 7) is 2.70. The predicted molar refractivity (Wildman–Crippen MR) is 153 cm³/mol. The third-order valence-corrected chi connectivity index (χ3v) is 7.87. The standard InChI is InChI=1S/C29H33ClN6O2/c1-31-21-10-14-36(27(37)16-21)26-7-11-32-28-24(26)17-22(34(28)4)18-35-12-8-19(9-13-35)23-6-5-20(15-25(23)30)29(38)33(2)3/h5-7,10-11,14-17,19,31H,8-9,12-13,18H2,1-4H3. The van der Waals surface area contributed by atoms with E-state index in [2.05, 4.69) is 25.8 Å². The molecule has 9 heteroatoms. The van der Waals surface area contributed by atoms with Gasteiger partial charge in [0.2, 0.25) is 0 Å². The van der Waals surface area contributed by atoms with Gasteiger partial charge in [0.1, 0.15) is 5.65 Å². The number of rotatable bonds is 6. The topological polar surface area (TPSA) is 75.4 Å². The second-order valence-corrected chi connectivity index (χ2v) is 10.5. The molecule has 0 atom stereocenters. The molecule has 0 unspecified atom stereocenters. The van der Waals surface area contributed by atoms with Gasteiger partial charge >= 0.3 is 0 Å². The normalized spacial score (nSPS) is 14.7. The molecule has 1 amide bonds. The van der Waals surface area contributed by atoms with Gasteiger partial charge in [0, 0.05) is 80.5 Å². The third kappa shape index (κ3) is 4.93. The second-order valence-electron chi connectivity index (χ2n) is 10.1. The molecule has 0 saturated carbocycles. The van der Waals surface area contributed by atoms with E-state index in [1.165, 1.54) is 0 Å². The summed E-state index contributed by atoms with van der Waals surface area (Å²) in [7, 11) is 7.32. The fraction of sp³-hybridized carbons (Fsp3) is 0.345. The number of anilines is 1. The molecule has 38 heavy (non-hydrogen) atoms. The van der Waals surface area contributed by atoms with Crippen LogP contribution in [0.25, 0.3) is 16.7 Å². The summed E-state index contributed by atoms with van der Waals surface area (Å²) in [5, 5.41) is 4.64. The van der Waals surface area contributed by atoms with E-state index >= 15 is 0 Å². The number of carbonyl (C=O) groups is 1. The first-order valence-corrected chi connectivity index (χ1v) is 13.2. The van der Waals surface area contributed by atoms with E-state index in [1.54, 1.807) is 55.1 Å². The lowest BCUT2D eigenvalue weighted by molar-refractivity contribution is 0.0827. The molecule has 1 N–H and O–H groups in total. The molecule has 1 saturated heterocycles. The number of piperidine rings is 1. The molecule has 0 bridgehead atoms. The molecular weight excluding hydrogens is 500 g/mol. The van der Waals surface area contributed by atoms with Crippen LogP contribution in [0.3, 0.4) is 0 Å². The highest BCUT2D eigenvalue weighted by Crippen LogP contribution is 2.34. The van der Waals surface area contributed by atoms with E-state index in [-0.39, 0.29) is 11.5 Å². The molecule has 1 aromatic carbocycles. The van der Waals surface area contributed by atoms with Crippen LogP contribution in [0.1, 0.15) is 40.4 Å². The summed E-state index contributed by atoms with van der Waals surface area (Å²) >= 11 is 6.61. The van der Waals surface area contributed by atoms with Gasteiger partial charge in [-0.2, -0.15) is 0 Å². The van der Waals surface area contributed by atoms with Gasteiger partial charge in [0.25, 0.3) is 11.5 Å². The lowest BCUT2D eigenvalue weighted by Gasteiger charge is -2.32. The zero-order valence-corrected chi connectivity index (χ0v) is 23.0. The van der Waals surface area contributed by atoms with Gasteiger partial charge < -0.3 is 14.8 Å². The number of hydrogen-bond acceptors (Lipinski definition) is 5. The molecule has 1 fully saturated rings. The maximum Gasteiger partial charge on any atom is 0.257 e. The molecule has 198 valence electrons. The summed E-state index contributed by atoms with van der Waals surface area (Å²) in [5.74, 6) is 0.330. The maximum atomic E-state index is 12.8. The van der Waals surface area contributed by atoms with E-state index in [0.717, 1.165) is 66.1 Å². The minimum Gasteiger partial charge on any atom is -0.388 e. The number of likely N-dealkylation sites (tertiary alicyclic amines) is 1. The van der Waals surface area contributed by atoms with E-state index < -0.39 is 0 Å². The molecule has 4 aromatic rings. The van der Waals surface area contributed by atoms with Crippen LogP contribution in [0.15, 0.2) is 59.7 Å². The van der Waals surface area contributed by atoms with Crippen LogP contribution in [0.5, 0.6) is 0 Å². The highest BCUT2D eigenvalue weighted by molar-refractivity contribution is 6.31. The van der Waals surface area contributed by atoms with Crippen molar-refractivity contribution in [1.82, 2.24) is 23.9 Å². The summed E-state index contributed by atoms with van der Waals surface area (Å²) in [6.07, 6.45) is 5.56. The predicted octanol–water partition coefficient (Wildman–Crippen LogP) is 4.50. The number of nitrogens with zero attached hydrogens (tertiary/aromatic N) is 5. The Hall–Kier alpha value is -3.62. The lowest BCUT2D eigenvalue weighted by Crippen LogP contribution is -2.33. The highest BCUT2D eigenvalue weighted by Gasteiger charge is 2.24. The Labute approximate surface area is 227 Å². The van der Waals surface area contributed by atoms with Crippen LogP contribution in [-0.4, -0.2) is 64.1 Å². The van der Waals surface area contributed by atoms with Gasteiger partial charge in [0.15, 0.2) is 0 Å². The van der Waals surface area contributed by atoms with Crippen molar-refractivity contribution < 1.29 is 4.79 Å². The number of carbonyl (C=O) groups excluding carboxylic acids is 1. The van der Waals surface area contributed by atoms with E-state index in [1.807, 2.05) is 31.3 Å². The molecule has 4 heterocycles. The quantitative estimate of drug-likeness (QED) is 0.396. The number of fused-ring (bicyclic) bond motifs is 1. The van der Waals surface area contributed by atoms with Crippen molar-refractivity contribution in [3.05, 3.63) is 87.1 Å². The van der Waals surface area contributed by atoms with Gasteiger partial charge in [-0.15, -0.1) is 0 Å². The zero-order chi connectivity index (χ0) is 27.0. The Balaban J connectivity index is 1.32. The molecule has 3 aromatic heterocycles. The van der Waals surface area contributed by atoms with Gasteiger partial charge in [0.05, 0.1) is 5.69 Å². The molecule has 1 aliphatic rings. The Morgan fingerprint density at radius 2 is 1.89 bits per heavy atom. The first kappa shape index (κ1) is 26.0.